The Hall–Kier alpha value is -0.960. The van der Waals surface area contributed by atoms with Crippen molar-refractivity contribution < 1.29 is 8.42 Å². The molecule has 0 aromatic carbocycles. The van der Waals surface area contributed by atoms with E-state index in [0.29, 0.717) is 4.47 Å². The summed E-state index contributed by atoms with van der Waals surface area (Å²) in [4.78, 5) is 11.0. The fraction of sp³-hybridized carbons (Fsp3) is 0. The minimum atomic E-state index is -3.91. The van der Waals surface area contributed by atoms with Crippen molar-refractivity contribution in [2.45, 2.75) is 4.90 Å². The van der Waals surface area contributed by atoms with E-state index in [1.807, 2.05) is 0 Å². The number of pyridine rings is 1. The summed E-state index contributed by atoms with van der Waals surface area (Å²) in [5.74, 6) is 0.0380. The third-order valence-electron chi connectivity index (χ3n) is 1.94. The lowest BCUT2D eigenvalue weighted by molar-refractivity contribution is 0.600. The Kier molecular flexibility index (Phi) is 4.24. The first-order valence-corrected chi connectivity index (χ1v) is 7.73. The number of hydrogen-bond acceptors (Lipinski definition) is 5. The van der Waals surface area contributed by atoms with Crippen LogP contribution in [0.1, 0.15) is 0 Å². The Labute approximate surface area is 127 Å². The van der Waals surface area contributed by atoms with E-state index in [9.17, 15) is 8.42 Å². The average Bonchev–Trinajstić information content (AvgIpc) is 2.31. The zero-order valence-corrected chi connectivity index (χ0v) is 12.9. The number of sulfonamides is 1. The highest BCUT2D eigenvalue weighted by Gasteiger charge is 2.20. The van der Waals surface area contributed by atoms with Gasteiger partial charge in [-0.25, -0.2) is 23.4 Å². The second kappa shape index (κ2) is 5.58. The molecule has 0 amide bonds. The summed E-state index contributed by atoms with van der Waals surface area (Å²) in [6.07, 6.45) is 2.53. The van der Waals surface area contributed by atoms with Gasteiger partial charge in [0.1, 0.15) is 27.3 Å². The topological polar surface area (TPSA) is 84.8 Å². The quantitative estimate of drug-likeness (QED) is 0.650. The lowest BCUT2D eigenvalue weighted by Crippen LogP contribution is -2.15. The Morgan fingerprint density at radius 1 is 1.16 bits per heavy atom. The van der Waals surface area contributed by atoms with Gasteiger partial charge in [0.25, 0.3) is 10.0 Å². The summed E-state index contributed by atoms with van der Waals surface area (Å²) >= 11 is 14.5. The van der Waals surface area contributed by atoms with Crippen molar-refractivity contribution in [3.63, 3.8) is 0 Å². The van der Waals surface area contributed by atoms with E-state index in [4.69, 9.17) is 23.2 Å². The smallest absolute Gasteiger partial charge is 0.263 e. The number of halogens is 3. The SMILES string of the molecule is O=S(=O)(Nc1cc(Cl)ncn1)c1cc(Br)cnc1Cl. The number of hydrogen-bond donors (Lipinski definition) is 1. The van der Waals surface area contributed by atoms with E-state index >= 15 is 0 Å². The van der Waals surface area contributed by atoms with Crippen molar-refractivity contribution in [1.82, 2.24) is 15.0 Å². The van der Waals surface area contributed by atoms with E-state index < -0.39 is 10.0 Å². The van der Waals surface area contributed by atoms with Crippen LogP contribution in [0, 0.1) is 0 Å². The molecule has 19 heavy (non-hydrogen) atoms. The number of nitrogens with one attached hydrogen (secondary N) is 1. The Bertz CT molecular complexity index is 726. The van der Waals surface area contributed by atoms with Crippen LogP contribution in [-0.4, -0.2) is 23.4 Å². The minimum absolute atomic E-state index is 0.0380. The lowest BCUT2D eigenvalue weighted by Gasteiger charge is -2.08. The van der Waals surface area contributed by atoms with E-state index in [0.717, 1.165) is 6.33 Å². The summed E-state index contributed by atoms with van der Waals surface area (Å²) in [5.41, 5.74) is 0. The molecule has 0 aliphatic rings. The third kappa shape index (κ3) is 3.53. The molecule has 0 spiro atoms. The van der Waals surface area contributed by atoms with Crippen molar-refractivity contribution in [3.8, 4) is 0 Å². The second-order valence-corrected chi connectivity index (χ2v) is 6.59. The predicted molar refractivity (Wildman–Crippen MR) is 74.8 cm³/mol. The van der Waals surface area contributed by atoms with Crippen LogP contribution in [-0.2, 0) is 10.0 Å². The maximum Gasteiger partial charge on any atom is 0.266 e. The van der Waals surface area contributed by atoms with Crippen LogP contribution >= 0.6 is 39.1 Å². The van der Waals surface area contributed by atoms with Crippen molar-refractivity contribution >= 4 is 55.0 Å². The molecule has 1 N–H and O–H groups in total. The minimum Gasteiger partial charge on any atom is -0.263 e. The molecule has 10 heteroatoms. The molecule has 0 atom stereocenters. The highest BCUT2D eigenvalue weighted by atomic mass is 79.9. The molecule has 2 aromatic heterocycles. The number of aromatic nitrogens is 3. The van der Waals surface area contributed by atoms with Gasteiger partial charge in [0.2, 0.25) is 0 Å². The van der Waals surface area contributed by atoms with Crippen LogP contribution in [0.2, 0.25) is 10.3 Å². The van der Waals surface area contributed by atoms with E-state index in [2.05, 4.69) is 35.6 Å². The van der Waals surface area contributed by atoms with E-state index in [1.165, 1.54) is 18.3 Å². The van der Waals surface area contributed by atoms with Gasteiger partial charge in [-0.15, -0.1) is 0 Å². The summed E-state index contributed by atoms with van der Waals surface area (Å²) in [5, 5.41) is -0.0259. The Morgan fingerprint density at radius 3 is 2.58 bits per heavy atom. The standard InChI is InChI=1S/C9H5BrCl2N4O2S/c10-5-1-6(9(12)13-3-5)19(17,18)16-8-2-7(11)14-4-15-8/h1-4H,(H,14,15,16). The second-order valence-electron chi connectivity index (χ2n) is 3.27. The summed E-state index contributed by atoms with van der Waals surface area (Å²) < 4.78 is 27.0. The van der Waals surface area contributed by atoms with Gasteiger partial charge < -0.3 is 0 Å². The monoisotopic (exact) mass is 382 g/mol. The first-order chi connectivity index (χ1) is 8.88. The normalized spacial score (nSPS) is 11.3. The molecule has 0 saturated heterocycles. The van der Waals surface area contributed by atoms with Crippen LogP contribution in [0.4, 0.5) is 5.82 Å². The molecule has 0 radical (unpaired) electrons. The predicted octanol–water partition coefficient (Wildman–Crippen LogP) is 2.74. The molecule has 0 bridgehead atoms. The van der Waals surface area contributed by atoms with Crippen LogP contribution < -0.4 is 4.72 Å². The highest BCUT2D eigenvalue weighted by molar-refractivity contribution is 9.10. The molecular formula is C9H5BrCl2N4O2S. The van der Waals surface area contributed by atoms with E-state index in [1.54, 1.807) is 0 Å². The van der Waals surface area contributed by atoms with Crippen molar-refractivity contribution in [1.29, 1.82) is 0 Å². The zero-order chi connectivity index (χ0) is 14.0. The van der Waals surface area contributed by atoms with Gasteiger partial charge in [-0.05, 0) is 22.0 Å². The molecular weight excluding hydrogens is 379 g/mol. The largest absolute Gasteiger partial charge is 0.266 e. The van der Waals surface area contributed by atoms with Crippen molar-refractivity contribution in [2.75, 3.05) is 4.72 Å². The van der Waals surface area contributed by atoms with Gasteiger partial charge in [0, 0.05) is 16.7 Å². The maximum absolute atomic E-state index is 12.1. The van der Waals surface area contributed by atoms with Crippen molar-refractivity contribution in [3.05, 3.63) is 39.4 Å². The molecule has 0 saturated carbocycles. The summed E-state index contributed by atoms with van der Waals surface area (Å²) in [7, 11) is -3.91. The molecule has 100 valence electrons. The molecule has 0 aliphatic heterocycles. The molecule has 6 nitrogen and oxygen atoms in total. The van der Waals surface area contributed by atoms with Gasteiger partial charge in [0.05, 0.1) is 0 Å². The fourth-order valence-electron chi connectivity index (χ4n) is 1.17. The highest BCUT2D eigenvalue weighted by Crippen LogP contribution is 2.24. The molecule has 2 rings (SSSR count). The number of nitrogens with zero attached hydrogens (tertiary/aromatic N) is 3. The van der Waals surface area contributed by atoms with Gasteiger partial charge in [-0.2, -0.15) is 0 Å². The number of rotatable bonds is 3. The lowest BCUT2D eigenvalue weighted by atomic mass is 10.5. The first-order valence-electron chi connectivity index (χ1n) is 4.70. The van der Waals surface area contributed by atoms with E-state index in [-0.39, 0.29) is 21.0 Å². The first kappa shape index (κ1) is 14.4. The van der Waals surface area contributed by atoms with Crippen LogP contribution in [0.15, 0.2) is 34.0 Å². The average molecular weight is 384 g/mol. The third-order valence-corrected chi connectivity index (χ3v) is 4.36. The van der Waals surface area contributed by atoms with Gasteiger partial charge in [0.15, 0.2) is 0 Å². The summed E-state index contributed by atoms with van der Waals surface area (Å²) in [6.45, 7) is 0. The van der Waals surface area contributed by atoms with Crippen LogP contribution in [0.3, 0.4) is 0 Å². The Balaban J connectivity index is 2.40. The molecule has 2 heterocycles. The Morgan fingerprint density at radius 2 is 1.89 bits per heavy atom. The number of anilines is 1. The maximum atomic E-state index is 12.1. The summed E-state index contributed by atoms with van der Waals surface area (Å²) in [6, 6.07) is 2.61. The molecule has 2 aromatic rings. The van der Waals surface area contributed by atoms with Gasteiger partial charge in [-0.3, -0.25) is 4.72 Å². The fourth-order valence-corrected chi connectivity index (χ4v) is 3.27. The zero-order valence-electron chi connectivity index (χ0n) is 9.01. The van der Waals surface area contributed by atoms with Gasteiger partial charge >= 0.3 is 0 Å². The van der Waals surface area contributed by atoms with Gasteiger partial charge in [-0.1, -0.05) is 23.2 Å². The molecule has 0 fully saturated rings. The molecule has 0 aliphatic carbocycles. The van der Waals surface area contributed by atoms with Crippen molar-refractivity contribution in [2.24, 2.45) is 0 Å². The van der Waals surface area contributed by atoms with Crippen LogP contribution in [0.25, 0.3) is 0 Å². The molecule has 0 unspecified atom stereocenters. The van der Waals surface area contributed by atoms with Crippen LogP contribution in [0.5, 0.6) is 0 Å².